The minimum atomic E-state index is -0.347. The summed E-state index contributed by atoms with van der Waals surface area (Å²) in [7, 11) is 0.708. The van der Waals surface area contributed by atoms with E-state index in [0.717, 1.165) is 0 Å². The van der Waals surface area contributed by atoms with Crippen LogP contribution in [-0.4, -0.2) is 12.3 Å². The van der Waals surface area contributed by atoms with Gasteiger partial charge in [0.1, 0.15) is 0 Å². The molecule has 1 rings (SSSR count). The number of hydrogen-bond acceptors (Lipinski definition) is 1. The second-order valence-corrected chi connectivity index (χ2v) is 1.81. The number of rotatable bonds is 1. The molecule has 1 aromatic rings. The second kappa shape index (κ2) is 2.62. The van der Waals surface area contributed by atoms with E-state index in [1.807, 2.05) is 6.82 Å². The van der Waals surface area contributed by atoms with Crippen molar-refractivity contribution < 1.29 is 4.39 Å². The molecule has 9 heavy (non-hydrogen) atoms. The van der Waals surface area contributed by atoms with E-state index >= 15 is 0 Å². The molecule has 0 spiro atoms. The smallest absolute Gasteiger partial charge is 0.206 e. The third-order valence-electron chi connectivity index (χ3n) is 1.22. The summed E-state index contributed by atoms with van der Waals surface area (Å²) >= 11 is 0. The molecule has 0 saturated heterocycles. The summed E-state index contributed by atoms with van der Waals surface area (Å²) in [5, 5.41) is 0. The maximum atomic E-state index is 12.5. The van der Waals surface area contributed by atoms with Crippen LogP contribution in [0.25, 0.3) is 0 Å². The van der Waals surface area contributed by atoms with Crippen LogP contribution < -0.4 is 5.46 Å². The van der Waals surface area contributed by atoms with Gasteiger partial charge in [-0.3, -0.25) is 0 Å². The molecule has 0 radical (unpaired) electrons. The summed E-state index contributed by atoms with van der Waals surface area (Å²) in [6, 6.07) is 3.48. The fourth-order valence-electron chi connectivity index (χ4n) is 0.683. The Kier molecular flexibility index (Phi) is 1.83. The van der Waals surface area contributed by atoms with Crippen molar-refractivity contribution in [3.05, 3.63) is 24.3 Å². The van der Waals surface area contributed by atoms with Gasteiger partial charge < -0.3 is 0 Å². The molecule has 1 heterocycles. The van der Waals surface area contributed by atoms with E-state index < -0.39 is 0 Å². The zero-order valence-electron chi connectivity index (χ0n) is 5.26. The maximum Gasteiger partial charge on any atom is 0.206 e. The van der Waals surface area contributed by atoms with Gasteiger partial charge in [-0.25, -0.2) is 4.98 Å². The molecule has 0 fully saturated rings. The summed E-state index contributed by atoms with van der Waals surface area (Å²) in [5.41, 5.74) is 0.678. The lowest BCUT2D eigenvalue weighted by Gasteiger charge is -1.92. The summed E-state index contributed by atoms with van der Waals surface area (Å²) < 4.78 is 12.5. The van der Waals surface area contributed by atoms with Gasteiger partial charge in [-0.05, 0) is 11.5 Å². The molecule has 0 amide bonds. The fourth-order valence-corrected chi connectivity index (χ4v) is 0.683. The van der Waals surface area contributed by atoms with Crippen LogP contribution >= 0.6 is 0 Å². The molecule has 46 valence electrons. The first kappa shape index (κ1) is 6.27. The van der Waals surface area contributed by atoms with E-state index in [1.165, 1.54) is 6.20 Å². The van der Waals surface area contributed by atoms with Gasteiger partial charge in [0.25, 0.3) is 0 Å². The third-order valence-corrected chi connectivity index (χ3v) is 1.22. The van der Waals surface area contributed by atoms with Gasteiger partial charge in [0, 0.05) is 6.20 Å². The van der Waals surface area contributed by atoms with E-state index in [4.69, 9.17) is 0 Å². The molecule has 0 unspecified atom stereocenters. The van der Waals surface area contributed by atoms with Crippen LogP contribution in [0.3, 0.4) is 0 Å². The topological polar surface area (TPSA) is 12.9 Å². The van der Waals surface area contributed by atoms with Crippen molar-refractivity contribution in [3.8, 4) is 0 Å². The van der Waals surface area contributed by atoms with Crippen molar-refractivity contribution in [3.63, 3.8) is 0 Å². The molecular formula is C6H7BFN. The molecule has 0 aliphatic heterocycles. The predicted octanol–water partition coefficient (Wildman–Crippen LogP) is 0.331. The molecule has 0 bridgehead atoms. The van der Waals surface area contributed by atoms with Crippen molar-refractivity contribution in [1.29, 1.82) is 0 Å². The van der Waals surface area contributed by atoms with Gasteiger partial charge in [-0.2, -0.15) is 4.39 Å². The van der Waals surface area contributed by atoms with Gasteiger partial charge in [0.05, 0.1) is 0 Å². The minimum absolute atomic E-state index is 0.347. The zero-order valence-corrected chi connectivity index (χ0v) is 5.26. The molecular weight excluding hydrogens is 116 g/mol. The lowest BCUT2D eigenvalue weighted by atomic mass is 9.74. The van der Waals surface area contributed by atoms with Crippen molar-refractivity contribution in [1.82, 2.24) is 4.98 Å². The Balaban J connectivity index is 3.01. The first-order valence-electron chi connectivity index (χ1n) is 2.94. The number of aromatic nitrogens is 1. The monoisotopic (exact) mass is 123 g/mol. The van der Waals surface area contributed by atoms with Crippen LogP contribution in [-0.2, 0) is 0 Å². The lowest BCUT2D eigenvalue weighted by Crippen LogP contribution is -2.16. The lowest BCUT2D eigenvalue weighted by molar-refractivity contribution is 0.592. The Bertz CT molecular complexity index is 202. The quantitative estimate of drug-likeness (QED) is 0.387. The molecule has 0 aliphatic rings. The highest BCUT2D eigenvalue weighted by Gasteiger charge is 1.96. The molecule has 1 aromatic heterocycles. The summed E-state index contributed by atoms with van der Waals surface area (Å²) in [6.07, 6.45) is 1.45. The molecule has 0 saturated carbocycles. The van der Waals surface area contributed by atoms with Gasteiger partial charge in [0.2, 0.25) is 5.95 Å². The van der Waals surface area contributed by atoms with Crippen LogP contribution in [0, 0.1) is 5.95 Å². The number of halogens is 1. The van der Waals surface area contributed by atoms with Crippen molar-refractivity contribution >= 4 is 12.7 Å². The van der Waals surface area contributed by atoms with Crippen LogP contribution in [0.4, 0.5) is 4.39 Å². The van der Waals surface area contributed by atoms with E-state index in [1.54, 1.807) is 12.1 Å². The summed E-state index contributed by atoms with van der Waals surface area (Å²) in [5.74, 6) is -0.347. The molecule has 0 aromatic carbocycles. The Hall–Kier alpha value is -0.855. The molecule has 0 N–H and O–H groups in total. The average Bonchev–Trinajstić information content (AvgIpc) is 1.89. The Morgan fingerprint density at radius 1 is 1.67 bits per heavy atom. The van der Waals surface area contributed by atoms with Crippen LogP contribution in [0.1, 0.15) is 0 Å². The number of pyridine rings is 1. The fraction of sp³-hybridized carbons (Fsp3) is 0.167. The van der Waals surface area contributed by atoms with Crippen molar-refractivity contribution in [2.45, 2.75) is 6.82 Å². The first-order chi connectivity index (χ1) is 4.34. The standard InChI is InChI=1S/C6H7BFN/c1-7-5-3-2-4-9-6(5)8/h2-4,7H,1H3. The van der Waals surface area contributed by atoms with E-state index in [-0.39, 0.29) is 5.95 Å². The predicted molar refractivity (Wildman–Crippen MR) is 36.8 cm³/mol. The molecule has 0 atom stereocenters. The molecule has 0 aliphatic carbocycles. The third kappa shape index (κ3) is 1.28. The Morgan fingerprint density at radius 3 is 2.89 bits per heavy atom. The summed E-state index contributed by atoms with van der Waals surface area (Å²) in [4.78, 5) is 3.48. The second-order valence-electron chi connectivity index (χ2n) is 1.81. The highest BCUT2D eigenvalue weighted by atomic mass is 19.1. The average molecular weight is 123 g/mol. The largest absolute Gasteiger partial charge is 0.229 e. The van der Waals surface area contributed by atoms with Gasteiger partial charge in [-0.15, -0.1) is 0 Å². The van der Waals surface area contributed by atoms with Gasteiger partial charge in [0.15, 0.2) is 7.28 Å². The van der Waals surface area contributed by atoms with Crippen LogP contribution in [0.2, 0.25) is 6.82 Å². The van der Waals surface area contributed by atoms with Gasteiger partial charge in [-0.1, -0.05) is 12.9 Å². The Labute approximate surface area is 54.2 Å². The minimum Gasteiger partial charge on any atom is -0.229 e. The number of nitrogens with zero attached hydrogens (tertiary/aromatic N) is 1. The van der Waals surface area contributed by atoms with E-state index in [2.05, 4.69) is 4.98 Å². The Morgan fingerprint density at radius 2 is 2.44 bits per heavy atom. The highest BCUT2D eigenvalue weighted by Crippen LogP contribution is 1.84. The normalized spacial score (nSPS) is 9.11. The first-order valence-corrected chi connectivity index (χ1v) is 2.94. The number of hydrogen-bond donors (Lipinski definition) is 0. The maximum absolute atomic E-state index is 12.5. The van der Waals surface area contributed by atoms with E-state index in [0.29, 0.717) is 12.7 Å². The summed E-state index contributed by atoms with van der Waals surface area (Å²) in [6.45, 7) is 1.90. The molecule has 3 heteroatoms. The SMILES string of the molecule is CBc1cccnc1F. The van der Waals surface area contributed by atoms with Crippen LogP contribution in [0.15, 0.2) is 18.3 Å². The molecule has 1 nitrogen and oxygen atoms in total. The highest BCUT2D eigenvalue weighted by molar-refractivity contribution is 6.51. The zero-order chi connectivity index (χ0) is 6.69. The van der Waals surface area contributed by atoms with Crippen molar-refractivity contribution in [2.75, 3.05) is 0 Å². The van der Waals surface area contributed by atoms with Crippen molar-refractivity contribution in [2.24, 2.45) is 0 Å². The van der Waals surface area contributed by atoms with E-state index in [9.17, 15) is 4.39 Å². The van der Waals surface area contributed by atoms with Gasteiger partial charge >= 0.3 is 0 Å². The van der Waals surface area contributed by atoms with Crippen LogP contribution in [0.5, 0.6) is 0 Å².